The van der Waals surface area contributed by atoms with Crippen LogP contribution in [0, 0.1) is 5.82 Å². The molecule has 0 aliphatic carbocycles. The van der Waals surface area contributed by atoms with Crippen LogP contribution in [0.4, 0.5) is 4.39 Å². The molecule has 0 fully saturated rings. The van der Waals surface area contributed by atoms with E-state index in [0.717, 1.165) is 16.9 Å². The van der Waals surface area contributed by atoms with Gasteiger partial charge in [-0.3, -0.25) is 4.79 Å². The second kappa shape index (κ2) is 8.79. The number of para-hydroxylation sites is 1. The topological polar surface area (TPSA) is 38.3 Å². The first-order valence-electron chi connectivity index (χ1n) is 7.00. The summed E-state index contributed by atoms with van der Waals surface area (Å²) < 4.78 is 18.2. The van der Waals surface area contributed by atoms with Gasteiger partial charge in [0.25, 0.3) is 0 Å². The molecule has 23 heavy (non-hydrogen) atoms. The molecule has 6 heteroatoms. The molecule has 2 aromatic rings. The third-order valence-corrected chi connectivity index (χ3v) is 4.51. The fourth-order valence-corrected chi connectivity index (χ4v) is 3.16. The molecule has 3 nitrogen and oxygen atoms in total. The van der Waals surface area contributed by atoms with E-state index in [0.29, 0.717) is 23.1 Å². The summed E-state index contributed by atoms with van der Waals surface area (Å²) in [7, 11) is 1.60. The largest absolute Gasteiger partial charge is 0.496 e. The number of carbonyl (C=O) groups is 1. The molecule has 2 rings (SSSR count). The van der Waals surface area contributed by atoms with Crippen LogP contribution in [0.5, 0.6) is 5.75 Å². The quantitative estimate of drug-likeness (QED) is 0.816. The molecule has 0 atom stereocenters. The molecule has 2 aromatic carbocycles. The smallest absolute Gasteiger partial charge is 0.230 e. The lowest BCUT2D eigenvalue weighted by Gasteiger charge is -2.09. The van der Waals surface area contributed by atoms with Crippen LogP contribution >= 0.6 is 23.4 Å². The van der Waals surface area contributed by atoms with Gasteiger partial charge < -0.3 is 10.1 Å². The predicted molar refractivity (Wildman–Crippen MR) is 92.4 cm³/mol. The minimum atomic E-state index is -0.363. The molecule has 0 bridgehead atoms. The minimum absolute atomic E-state index is 0.0702. The number of thioether (sulfide) groups is 1. The monoisotopic (exact) mass is 353 g/mol. The Labute approximate surface area is 144 Å². The van der Waals surface area contributed by atoms with Gasteiger partial charge >= 0.3 is 0 Å². The fraction of sp³-hybridized carbons (Fsp3) is 0.235. The summed E-state index contributed by atoms with van der Waals surface area (Å²) in [5.41, 5.74) is 1.74. The maximum atomic E-state index is 13.0. The summed E-state index contributed by atoms with van der Waals surface area (Å²) in [6, 6.07) is 11.8. The Bertz CT molecular complexity index is 681. The molecular formula is C17H17ClFNO2S. The van der Waals surface area contributed by atoms with Crippen LogP contribution < -0.4 is 10.1 Å². The molecule has 0 radical (unpaired) electrons. The SMILES string of the molecule is COc1ccccc1CNC(=O)CSCc1ccc(F)cc1Cl. The van der Waals surface area contributed by atoms with E-state index >= 15 is 0 Å². The molecule has 122 valence electrons. The number of nitrogens with one attached hydrogen (secondary N) is 1. The number of amides is 1. The van der Waals surface area contributed by atoms with Gasteiger partial charge in [-0.1, -0.05) is 35.9 Å². The second-order valence-corrected chi connectivity index (χ2v) is 6.21. The molecule has 0 unspecified atom stereocenters. The average molecular weight is 354 g/mol. The highest BCUT2D eigenvalue weighted by atomic mass is 35.5. The first-order chi connectivity index (χ1) is 11.1. The molecule has 0 saturated carbocycles. The van der Waals surface area contributed by atoms with Gasteiger partial charge in [0.2, 0.25) is 5.91 Å². The maximum absolute atomic E-state index is 13.0. The van der Waals surface area contributed by atoms with Gasteiger partial charge in [0, 0.05) is 22.9 Å². The van der Waals surface area contributed by atoms with Crippen molar-refractivity contribution in [2.24, 2.45) is 0 Å². The van der Waals surface area contributed by atoms with Gasteiger partial charge in [0.15, 0.2) is 0 Å². The van der Waals surface area contributed by atoms with E-state index in [9.17, 15) is 9.18 Å². The van der Waals surface area contributed by atoms with E-state index in [4.69, 9.17) is 16.3 Å². The lowest BCUT2D eigenvalue weighted by atomic mass is 10.2. The number of carbonyl (C=O) groups excluding carboxylic acids is 1. The zero-order chi connectivity index (χ0) is 16.7. The molecule has 1 N–H and O–H groups in total. The van der Waals surface area contributed by atoms with E-state index < -0.39 is 0 Å². The average Bonchev–Trinajstić information content (AvgIpc) is 2.55. The van der Waals surface area contributed by atoms with Crippen LogP contribution in [-0.4, -0.2) is 18.8 Å². The Morgan fingerprint density at radius 3 is 2.78 bits per heavy atom. The fourth-order valence-electron chi connectivity index (χ4n) is 1.99. The highest BCUT2D eigenvalue weighted by molar-refractivity contribution is 7.99. The molecule has 0 heterocycles. The third-order valence-electron chi connectivity index (χ3n) is 3.17. The van der Waals surface area contributed by atoms with Crippen LogP contribution in [0.1, 0.15) is 11.1 Å². The van der Waals surface area contributed by atoms with Crippen LogP contribution in [0.3, 0.4) is 0 Å². The number of hydrogen-bond donors (Lipinski definition) is 1. The molecule has 0 spiro atoms. The van der Waals surface area contributed by atoms with Gasteiger partial charge in [0.1, 0.15) is 11.6 Å². The Hall–Kier alpha value is -1.72. The standard InChI is InChI=1S/C17H17ClFNO2S/c1-22-16-5-3-2-4-12(16)9-20-17(21)11-23-10-13-6-7-14(19)8-15(13)18/h2-8H,9-11H2,1H3,(H,20,21). The summed E-state index contributed by atoms with van der Waals surface area (Å²) in [6.45, 7) is 0.417. The van der Waals surface area contributed by atoms with Gasteiger partial charge in [-0.05, 0) is 23.8 Å². The predicted octanol–water partition coefficient (Wildman–Crippen LogP) is 4.04. The Morgan fingerprint density at radius 2 is 2.04 bits per heavy atom. The number of halogens is 2. The second-order valence-electron chi connectivity index (χ2n) is 4.82. The van der Waals surface area contributed by atoms with Crippen LogP contribution in [0.15, 0.2) is 42.5 Å². The molecule has 0 aromatic heterocycles. The summed E-state index contributed by atoms with van der Waals surface area (Å²) in [6.07, 6.45) is 0. The molecular weight excluding hydrogens is 337 g/mol. The molecule has 1 amide bonds. The highest BCUT2D eigenvalue weighted by Gasteiger charge is 2.07. The van der Waals surface area contributed by atoms with Crippen molar-refractivity contribution in [3.05, 3.63) is 64.4 Å². The zero-order valence-corrected chi connectivity index (χ0v) is 14.2. The van der Waals surface area contributed by atoms with Gasteiger partial charge in [0.05, 0.1) is 12.9 Å². The Balaban J connectivity index is 1.77. The number of benzene rings is 2. The van der Waals surface area contributed by atoms with Gasteiger partial charge in [-0.2, -0.15) is 0 Å². The summed E-state index contributed by atoms with van der Waals surface area (Å²) >= 11 is 7.38. The number of ether oxygens (including phenoxy) is 1. The molecule has 0 aliphatic rings. The van der Waals surface area contributed by atoms with E-state index in [2.05, 4.69) is 5.32 Å². The van der Waals surface area contributed by atoms with Crippen molar-refractivity contribution in [3.8, 4) is 5.75 Å². The van der Waals surface area contributed by atoms with Crippen molar-refractivity contribution < 1.29 is 13.9 Å². The van der Waals surface area contributed by atoms with Crippen LogP contribution in [-0.2, 0) is 17.1 Å². The van der Waals surface area contributed by atoms with Crippen molar-refractivity contribution in [3.63, 3.8) is 0 Å². The minimum Gasteiger partial charge on any atom is -0.496 e. The number of hydrogen-bond acceptors (Lipinski definition) is 3. The number of rotatable bonds is 7. The van der Waals surface area contributed by atoms with Gasteiger partial charge in [-0.25, -0.2) is 4.39 Å². The van der Waals surface area contributed by atoms with E-state index in [-0.39, 0.29) is 11.7 Å². The summed E-state index contributed by atoms with van der Waals surface area (Å²) in [4.78, 5) is 11.9. The van der Waals surface area contributed by atoms with Gasteiger partial charge in [-0.15, -0.1) is 11.8 Å². The summed E-state index contributed by atoms with van der Waals surface area (Å²) in [5.74, 6) is 1.18. The summed E-state index contributed by atoms with van der Waals surface area (Å²) in [5, 5.41) is 3.23. The first-order valence-corrected chi connectivity index (χ1v) is 8.53. The van der Waals surface area contributed by atoms with E-state index in [1.54, 1.807) is 13.2 Å². The Kier molecular flexibility index (Phi) is 6.74. The number of methoxy groups -OCH3 is 1. The van der Waals surface area contributed by atoms with Crippen molar-refractivity contribution in [2.75, 3.05) is 12.9 Å². The van der Waals surface area contributed by atoms with E-state index in [1.807, 2.05) is 24.3 Å². The lowest BCUT2D eigenvalue weighted by molar-refractivity contribution is -0.118. The van der Waals surface area contributed by atoms with Crippen LogP contribution in [0.25, 0.3) is 0 Å². The van der Waals surface area contributed by atoms with Crippen molar-refractivity contribution >= 4 is 29.3 Å². The molecule has 0 saturated heterocycles. The maximum Gasteiger partial charge on any atom is 0.230 e. The van der Waals surface area contributed by atoms with Crippen LogP contribution in [0.2, 0.25) is 5.02 Å². The molecule has 0 aliphatic heterocycles. The zero-order valence-electron chi connectivity index (χ0n) is 12.6. The van der Waals surface area contributed by atoms with Crippen molar-refractivity contribution in [1.29, 1.82) is 0 Å². The lowest BCUT2D eigenvalue weighted by Crippen LogP contribution is -2.24. The normalized spacial score (nSPS) is 10.4. The van der Waals surface area contributed by atoms with Crippen molar-refractivity contribution in [1.82, 2.24) is 5.32 Å². The highest BCUT2D eigenvalue weighted by Crippen LogP contribution is 2.22. The Morgan fingerprint density at radius 1 is 1.26 bits per heavy atom. The first kappa shape index (κ1) is 17.6. The third kappa shape index (κ3) is 5.44. The van der Waals surface area contributed by atoms with E-state index in [1.165, 1.54) is 23.9 Å². The van der Waals surface area contributed by atoms with Crippen molar-refractivity contribution in [2.45, 2.75) is 12.3 Å².